The molecule has 3 nitrogen and oxygen atoms in total. The monoisotopic (exact) mass is 154 g/mol. The molecule has 11 heavy (non-hydrogen) atoms. The molecule has 4 N–H and O–H groups in total. The van der Waals surface area contributed by atoms with Crippen LogP contribution in [0.1, 0.15) is 32.1 Å². The summed E-state index contributed by atoms with van der Waals surface area (Å²) in [5, 5.41) is 0. The second-order valence-corrected chi connectivity index (χ2v) is 4.12. The van der Waals surface area contributed by atoms with Gasteiger partial charge < -0.3 is 11.5 Å². The maximum absolute atomic E-state index is 11.4. The molecular formula is C8H14N2O. The minimum Gasteiger partial charge on any atom is -0.325 e. The molecule has 0 aromatic heterocycles. The number of rotatable bonds is 0. The summed E-state index contributed by atoms with van der Waals surface area (Å²) in [6, 6.07) is 0. The van der Waals surface area contributed by atoms with Crippen LogP contribution in [0, 0.1) is 0 Å². The Morgan fingerprint density at radius 1 is 1.09 bits per heavy atom. The van der Waals surface area contributed by atoms with Gasteiger partial charge in [0.25, 0.3) is 0 Å². The highest BCUT2D eigenvalue weighted by Gasteiger charge is 2.50. The Labute approximate surface area is 66.1 Å². The second kappa shape index (κ2) is 1.84. The summed E-state index contributed by atoms with van der Waals surface area (Å²) >= 11 is 0. The van der Waals surface area contributed by atoms with E-state index >= 15 is 0 Å². The normalized spacial score (nSPS) is 49.8. The largest absolute Gasteiger partial charge is 0.325 e. The van der Waals surface area contributed by atoms with Gasteiger partial charge in [-0.05, 0) is 25.7 Å². The van der Waals surface area contributed by atoms with E-state index in [1.807, 2.05) is 0 Å². The summed E-state index contributed by atoms with van der Waals surface area (Å²) in [5.41, 5.74) is 11.2. The number of hydrogen-bond acceptors (Lipinski definition) is 3. The average molecular weight is 154 g/mol. The summed E-state index contributed by atoms with van der Waals surface area (Å²) in [6.07, 6.45) is 3.94. The van der Waals surface area contributed by atoms with Crippen molar-refractivity contribution in [3.8, 4) is 0 Å². The van der Waals surface area contributed by atoms with E-state index in [0.29, 0.717) is 6.42 Å². The molecule has 3 heteroatoms. The van der Waals surface area contributed by atoms with Crippen LogP contribution in [-0.4, -0.2) is 16.9 Å². The molecule has 62 valence electrons. The van der Waals surface area contributed by atoms with Gasteiger partial charge in [0.15, 0.2) is 5.78 Å². The quantitative estimate of drug-likeness (QED) is 0.513. The third-order valence-electron chi connectivity index (χ3n) is 3.21. The molecule has 0 saturated heterocycles. The molecule has 3 fully saturated rings. The summed E-state index contributed by atoms with van der Waals surface area (Å²) in [4.78, 5) is 11.4. The summed E-state index contributed by atoms with van der Waals surface area (Å²) < 4.78 is 0. The molecule has 3 saturated carbocycles. The third-order valence-corrected chi connectivity index (χ3v) is 3.21. The van der Waals surface area contributed by atoms with E-state index in [9.17, 15) is 4.79 Å². The molecule has 0 aliphatic heterocycles. The van der Waals surface area contributed by atoms with Crippen molar-refractivity contribution in [3.05, 3.63) is 0 Å². The van der Waals surface area contributed by atoms with Gasteiger partial charge in [-0.3, -0.25) is 4.79 Å². The van der Waals surface area contributed by atoms with Crippen molar-refractivity contribution in [2.45, 2.75) is 43.2 Å². The van der Waals surface area contributed by atoms with Crippen LogP contribution in [0.2, 0.25) is 0 Å². The van der Waals surface area contributed by atoms with Crippen LogP contribution in [0.3, 0.4) is 0 Å². The first-order valence-corrected chi connectivity index (χ1v) is 4.15. The van der Waals surface area contributed by atoms with E-state index in [4.69, 9.17) is 11.5 Å². The molecule has 0 amide bonds. The molecule has 3 rings (SSSR count). The Kier molecular flexibility index (Phi) is 1.22. The molecule has 0 spiro atoms. The van der Waals surface area contributed by atoms with Crippen molar-refractivity contribution >= 4 is 5.78 Å². The SMILES string of the molecule is NC12CCC(N)(CC1)C(=O)C2. The lowest BCUT2D eigenvalue weighted by atomic mass is 9.62. The number of ketones is 1. The van der Waals surface area contributed by atoms with Gasteiger partial charge in [-0.15, -0.1) is 0 Å². The van der Waals surface area contributed by atoms with E-state index in [2.05, 4.69) is 0 Å². The summed E-state index contributed by atoms with van der Waals surface area (Å²) in [5.74, 6) is 0.178. The van der Waals surface area contributed by atoms with E-state index in [0.717, 1.165) is 25.7 Å². The van der Waals surface area contributed by atoms with Crippen molar-refractivity contribution in [3.63, 3.8) is 0 Å². The standard InChI is InChI=1S/C8H14N2O/c9-7-1-3-8(10,4-2-7)6(11)5-7/h1-5,9-10H2. The smallest absolute Gasteiger partial charge is 0.154 e. The van der Waals surface area contributed by atoms with Crippen LogP contribution >= 0.6 is 0 Å². The molecule has 0 unspecified atom stereocenters. The second-order valence-electron chi connectivity index (χ2n) is 4.12. The zero-order valence-electron chi connectivity index (χ0n) is 6.60. The van der Waals surface area contributed by atoms with E-state index < -0.39 is 5.54 Å². The third kappa shape index (κ3) is 0.914. The number of Topliss-reactive ketones (excluding diaryl/α,β-unsaturated/α-hetero) is 1. The van der Waals surface area contributed by atoms with Crippen LogP contribution in [0.25, 0.3) is 0 Å². The number of carbonyl (C=O) groups excluding carboxylic acids is 1. The first kappa shape index (κ1) is 7.25. The van der Waals surface area contributed by atoms with Crippen molar-refractivity contribution in [1.29, 1.82) is 0 Å². The van der Waals surface area contributed by atoms with Gasteiger partial charge in [-0.1, -0.05) is 0 Å². The summed E-state index contributed by atoms with van der Waals surface area (Å²) in [7, 11) is 0. The molecule has 3 aliphatic carbocycles. The predicted molar refractivity (Wildman–Crippen MR) is 41.9 cm³/mol. The van der Waals surface area contributed by atoms with Gasteiger partial charge in [0.05, 0.1) is 5.54 Å². The van der Waals surface area contributed by atoms with Gasteiger partial charge in [0.1, 0.15) is 0 Å². The lowest BCUT2D eigenvalue weighted by Crippen LogP contribution is -2.64. The van der Waals surface area contributed by atoms with Crippen molar-refractivity contribution in [1.82, 2.24) is 0 Å². The zero-order chi connectivity index (χ0) is 8.11. The van der Waals surface area contributed by atoms with E-state index in [-0.39, 0.29) is 11.3 Å². The maximum atomic E-state index is 11.4. The first-order chi connectivity index (χ1) is 5.04. The minimum atomic E-state index is -0.499. The molecule has 0 radical (unpaired) electrons. The average Bonchev–Trinajstić information content (AvgIpc) is 1.94. The van der Waals surface area contributed by atoms with E-state index in [1.54, 1.807) is 0 Å². The van der Waals surface area contributed by atoms with Crippen LogP contribution in [-0.2, 0) is 4.79 Å². The molecule has 2 bridgehead atoms. The minimum absolute atomic E-state index is 0.178. The Hall–Kier alpha value is -0.410. The molecule has 0 heterocycles. The Bertz CT molecular complexity index is 204. The molecule has 0 atom stereocenters. The highest BCUT2D eigenvalue weighted by atomic mass is 16.1. The zero-order valence-corrected chi connectivity index (χ0v) is 6.60. The highest BCUT2D eigenvalue weighted by molar-refractivity contribution is 5.91. The first-order valence-electron chi connectivity index (χ1n) is 4.15. The Morgan fingerprint density at radius 2 is 1.64 bits per heavy atom. The predicted octanol–water partition coefficient (Wildman–Crippen LogP) is -0.0718. The number of carbonyl (C=O) groups is 1. The van der Waals surface area contributed by atoms with Crippen molar-refractivity contribution < 1.29 is 4.79 Å². The lowest BCUT2D eigenvalue weighted by molar-refractivity contribution is -0.131. The highest BCUT2D eigenvalue weighted by Crippen LogP contribution is 2.41. The van der Waals surface area contributed by atoms with E-state index in [1.165, 1.54) is 0 Å². The fourth-order valence-electron chi connectivity index (χ4n) is 2.15. The van der Waals surface area contributed by atoms with Gasteiger partial charge in [-0.25, -0.2) is 0 Å². The van der Waals surface area contributed by atoms with Gasteiger partial charge in [0.2, 0.25) is 0 Å². The van der Waals surface area contributed by atoms with Crippen LogP contribution < -0.4 is 11.5 Å². The summed E-state index contributed by atoms with van der Waals surface area (Å²) in [6.45, 7) is 0. The van der Waals surface area contributed by atoms with Crippen LogP contribution in [0.15, 0.2) is 0 Å². The number of fused-ring (bicyclic) bond motifs is 3. The van der Waals surface area contributed by atoms with Gasteiger partial charge >= 0.3 is 0 Å². The number of hydrogen-bond donors (Lipinski definition) is 2. The van der Waals surface area contributed by atoms with Crippen LogP contribution in [0.5, 0.6) is 0 Å². The molecule has 0 aromatic carbocycles. The van der Waals surface area contributed by atoms with Crippen LogP contribution in [0.4, 0.5) is 0 Å². The maximum Gasteiger partial charge on any atom is 0.154 e. The lowest BCUT2D eigenvalue weighted by Gasteiger charge is -2.48. The molecular weight excluding hydrogens is 140 g/mol. The Balaban J connectivity index is 2.29. The fourth-order valence-corrected chi connectivity index (χ4v) is 2.15. The molecule has 3 aliphatic rings. The van der Waals surface area contributed by atoms with Gasteiger partial charge in [0, 0.05) is 12.0 Å². The van der Waals surface area contributed by atoms with Gasteiger partial charge in [-0.2, -0.15) is 0 Å². The number of nitrogens with two attached hydrogens (primary N) is 2. The molecule has 0 aromatic rings. The fraction of sp³-hybridized carbons (Fsp3) is 0.875. The van der Waals surface area contributed by atoms with Crippen molar-refractivity contribution in [2.75, 3.05) is 0 Å². The topological polar surface area (TPSA) is 69.1 Å². The Morgan fingerprint density at radius 3 is 2.00 bits per heavy atom. The van der Waals surface area contributed by atoms with Crippen molar-refractivity contribution in [2.24, 2.45) is 11.5 Å².